The van der Waals surface area contributed by atoms with Gasteiger partial charge in [-0.05, 0) is 55.3 Å². The Bertz CT molecular complexity index is 1110. The number of aromatic nitrogens is 1. The van der Waals surface area contributed by atoms with Gasteiger partial charge < -0.3 is 14.8 Å². The maximum Gasteiger partial charge on any atom is 0.257 e. The van der Waals surface area contributed by atoms with Gasteiger partial charge in [0.05, 0.1) is 11.8 Å². The van der Waals surface area contributed by atoms with Gasteiger partial charge in [-0.15, -0.1) is 11.3 Å². The molecule has 0 spiro atoms. The predicted molar refractivity (Wildman–Crippen MR) is 121 cm³/mol. The van der Waals surface area contributed by atoms with Crippen LogP contribution in [0, 0.1) is 5.82 Å². The lowest BCUT2D eigenvalue weighted by Gasteiger charge is -2.11. The molecule has 2 aromatic carbocycles. The van der Waals surface area contributed by atoms with E-state index in [2.05, 4.69) is 15.6 Å². The summed E-state index contributed by atoms with van der Waals surface area (Å²) >= 11 is 1.20. The number of carbonyl (C=O) groups is 2. The summed E-state index contributed by atoms with van der Waals surface area (Å²) in [5.74, 6) is -0.443. The minimum atomic E-state index is -0.516. The summed E-state index contributed by atoms with van der Waals surface area (Å²) in [6, 6.07) is 11.2. The van der Waals surface area contributed by atoms with E-state index in [4.69, 9.17) is 9.47 Å². The fraction of sp³-hybridized carbons (Fsp3) is 0.261. The molecule has 1 unspecified atom stereocenters. The highest BCUT2D eigenvalue weighted by atomic mass is 32.1. The van der Waals surface area contributed by atoms with Crippen LogP contribution >= 0.6 is 11.3 Å². The van der Waals surface area contributed by atoms with E-state index in [1.165, 1.54) is 30.4 Å². The summed E-state index contributed by atoms with van der Waals surface area (Å²) in [4.78, 5) is 28.0. The molecule has 7 nitrogen and oxygen atoms in total. The van der Waals surface area contributed by atoms with Gasteiger partial charge in [0.1, 0.15) is 18.2 Å². The summed E-state index contributed by atoms with van der Waals surface area (Å²) in [7, 11) is 0. The van der Waals surface area contributed by atoms with Crippen molar-refractivity contribution in [2.24, 2.45) is 0 Å². The Labute approximate surface area is 188 Å². The molecule has 9 heteroatoms. The van der Waals surface area contributed by atoms with Gasteiger partial charge in [-0.3, -0.25) is 14.9 Å². The van der Waals surface area contributed by atoms with Crippen molar-refractivity contribution in [1.29, 1.82) is 0 Å². The fourth-order valence-corrected chi connectivity index (χ4v) is 4.00. The van der Waals surface area contributed by atoms with Crippen LogP contribution in [0.25, 0.3) is 11.3 Å². The lowest BCUT2D eigenvalue weighted by Crippen LogP contribution is -2.16. The van der Waals surface area contributed by atoms with Crippen molar-refractivity contribution in [1.82, 2.24) is 4.98 Å². The number of carbonyl (C=O) groups excluding carboxylic acids is 2. The topological polar surface area (TPSA) is 89.6 Å². The van der Waals surface area contributed by atoms with E-state index in [1.54, 1.807) is 35.7 Å². The minimum Gasteiger partial charge on any atom is -0.491 e. The normalized spacial score (nSPS) is 15.4. The Morgan fingerprint density at radius 1 is 1.22 bits per heavy atom. The zero-order valence-corrected chi connectivity index (χ0v) is 18.2. The molecule has 1 aliphatic rings. The Morgan fingerprint density at radius 3 is 2.72 bits per heavy atom. The number of halogens is 1. The SMILES string of the molecule is CC(=O)Nc1ccc(-c2csc(NC(=O)c3ccc(OCC4CCCO4)cc3)n2)c(F)c1. The molecule has 32 heavy (non-hydrogen) atoms. The van der Waals surface area contributed by atoms with Gasteiger partial charge in [-0.25, -0.2) is 9.37 Å². The van der Waals surface area contributed by atoms with Crippen LogP contribution < -0.4 is 15.4 Å². The van der Waals surface area contributed by atoms with Crippen molar-refractivity contribution in [3.8, 4) is 17.0 Å². The molecule has 1 aliphatic heterocycles. The zero-order chi connectivity index (χ0) is 22.5. The molecule has 1 saturated heterocycles. The van der Waals surface area contributed by atoms with E-state index in [0.717, 1.165) is 19.4 Å². The lowest BCUT2D eigenvalue weighted by atomic mass is 10.1. The maximum atomic E-state index is 14.4. The maximum absolute atomic E-state index is 14.4. The van der Waals surface area contributed by atoms with E-state index in [1.807, 2.05) is 0 Å². The summed E-state index contributed by atoms with van der Waals surface area (Å²) in [6.45, 7) is 2.63. The number of ether oxygens (including phenoxy) is 2. The third-order valence-electron chi connectivity index (χ3n) is 4.87. The first kappa shape index (κ1) is 21.9. The van der Waals surface area contributed by atoms with E-state index in [0.29, 0.717) is 34.4 Å². The first-order chi connectivity index (χ1) is 15.5. The van der Waals surface area contributed by atoms with E-state index >= 15 is 0 Å². The largest absolute Gasteiger partial charge is 0.491 e. The van der Waals surface area contributed by atoms with Gasteiger partial charge in [0.2, 0.25) is 5.91 Å². The van der Waals surface area contributed by atoms with Crippen molar-refractivity contribution in [3.05, 3.63) is 59.2 Å². The highest BCUT2D eigenvalue weighted by Crippen LogP contribution is 2.29. The molecule has 2 heterocycles. The van der Waals surface area contributed by atoms with Gasteiger partial charge in [-0.1, -0.05) is 0 Å². The molecule has 0 saturated carbocycles. The zero-order valence-electron chi connectivity index (χ0n) is 17.4. The average molecular weight is 456 g/mol. The minimum absolute atomic E-state index is 0.128. The van der Waals surface area contributed by atoms with E-state index in [-0.39, 0.29) is 23.5 Å². The molecule has 1 aromatic heterocycles. The van der Waals surface area contributed by atoms with Crippen LogP contribution in [-0.2, 0) is 9.53 Å². The third-order valence-corrected chi connectivity index (χ3v) is 5.62. The molecule has 2 N–H and O–H groups in total. The summed E-state index contributed by atoms with van der Waals surface area (Å²) in [5.41, 5.74) is 1.50. The second kappa shape index (κ2) is 9.88. The second-order valence-corrected chi connectivity index (χ2v) is 8.20. The highest BCUT2D eigenvalue weighted by Gasteiger charge is 2.16. The number of amides is 2. The van der Waals surface area contributed by atoms with Crippen molar-refractivity contribution in [2.45, 2.75) is 25.9 Å². The first-order valence-corrected chi connectivity index (χ1v) is 11.0. The van der Waals surface area contributed by atoms with Crippen molar-refractivity contribution in [2.75, 3.05) is 23.8 Å². The molecule has 3 aromatic rings. The Kier molecular flexibility index (Phi) is 6.77. The number of anilines is 2. The van der Waals surface area contributed by atoms with Crippen LogP contribution in [0.4, 0.5) is 15.2 Å². The van der Waals surface area contributed by atoms with Crippen LogP contribution in [0.2, 0.25) is 0 Å². The molecule has 166 valence electrons. The quantitative estimate of drug-likeness (QED) is 0.538. The van der Waals surface area contributed by atoms with E-state index < -0.39 is 5.82 Å². The summed E-state index contributed by atoms with van der Waals surface area (Å²) in [6.07, 6.45) is 2.18. The molecule has 2 amide bonds. The summed E-state index contributed by atoms with van der Waals surface area (Å²) in [5, 5.41) is 7.28. The van der Waals surface area contributed by atoms with Crippen molar-refractivity contribution in [3.63, 3.8) is 0 Å². The Balaban J connectivity index is 1.36. The lowest BCUT2D eigenvalue weighted by molar-refractivity contribution is -0.114. The molecule has 1 atom stereocenters. The molecular weight excluding hydrogens is 433 g/mol. The van der Waals surface area contributed by atoms with Crippen molar-refractivity contribution >= 4 is 34.0 Å². The Hall–Kier alpha value is -3.30. The third kappa shape index (κ3) is 5.49. The van der Waals surface area contributed by atoms with Crippen LogP contribution in [0.1, 0.15) is 30.1 Å². The molecule has 0 aliphatic carbocycles. The second-order valence-electron chi connectivity index (χ2n) is 7.34. The van der Waals surface area contributed by atoms with Crippen LogP contribution in [0.3, 0.4) is 0 Å². The highest BCUT2D eigenvalue weighted by molar-refractivity contribution is 7.14. The van der Waals surface area contributed by atoms with Crippen LogP contribution in [0.5, 0.6) is 5.75 Å². The number of nitrogens with one attached hydrogen (secondary N) is 2. The number of hydrogen-bond donors (Lipinski definition) is 2. The van der Waals surface area contributed by atoms with Crippen LogP contribution in [-0.4, -0.2) is 36.1 Å². The monoisotopic (exact) mass is 455 g/mol. The Morgan fingerprint density at radius 2 is 2.03 bits per heavy atom. The number of nitrogens with zero attached hydrogens (tertiary/aromatic N) is 1. The van der Waals surface area contributed by atoms with Gasteiger partial charge in [0.15, 0.2) is 5.13 Å². The number of benzene rings is 2. The van der Waals surface area contributed by atoms with E-state index in [9.17, 15) is 14.0 Å². The van der Waals surface area contributed by atoms with Gasteiger partial charge in [0.25, 0.3) is 5.91 Å². The van der Waals surface area contributed by atoms with Gasteiger partial charge in [0, 0.05) is 35.7 Å². The number of thiazole rings is 1. The molecule has 4 rings (SSSR count). The molecule has 0 radical (unpaired) electrons. The predicted octanol–water partition coefficient (Wildman–Crippen LogP) is 4.72. The summed E-state index contributed by atoms with van der Waals surface area (Å²) < 4.78 is 25.7. The number of rotatable bonds is 7. The standard InChI is InChI=1S/C23H22FN3O4S/c1-14(28)25-16-6-9-19(20(24)11-16)21-13-32-23(26-21)27-22(29)15-4-7-17(8-5-15)31-12-18-3-2-10-30-18/h4-9,11,13,18H,2-3,10,12H2,1H3,(H,25,28)(H,26,27,29). The van der Waals surface area contributed by atoms with Crippen molar-refractivity contribution < 1.29 is 23.5 Å². The van der Waals surface area contributed by atoms with Gasteiger partial charge >= 0.3 is 0 Å². The molecule has 0 bridgehead atoms. The fourth-order valence-electron chi connectivity index (χ4n) is 3.30. The first-order valence-electron chi connectivity index (χ1n) is 10.2. The molecule has 1 fully saturated rings. The van der Waals surface area contributed by atoms with Crippen LogP contribution in [0.15, 0.2) is 47.8 Å². The smallest absolute Gasteiger partial charge is 0.257 e. The average Bonchev–Trinajstić information content (AvgIpc) is 3.44. The van der Waals surface area contributed by atoms with Gasteiger partial charge in [-0.2, -0.15) is 0 Å². The number of hydrogen-bond acceptors (Lipinski definition) is 6. The molecular formula is C23H22FN3O4S.